The molecule has 0 aliphatic rings. The van der Waals surface area contributed by atoms with Crippen molar-refractivity contribution in [2.45, 2.75) is 6.92 Å². The number of aromatic nitrogens is 1. The lowest BCUT2D eigenvalue weighted by molar-refractivity contribution is -0.736. The van der Waals surface area contributed by atoms with Gasteiger partial charge in [0.2, 0.25) is 0 Å². The molecule has 4 nitrogen and oxygen atoms in total. The second-order valence-corrected chi connectivity index (χ2v) is 3.14. The molecule has 0 radical (unpaired) electrons. The average Bonchev–Trinajstić information content (AvgIpc) is 2.64. The summed E-state index contributed by atoms with van der Waals surface area (Å²) in [7, 11) is 1.35. The normalized spacial score (nSPS) is 10.4. The van der Waals surface area contributed by atoms with Crippen LogP contribution < -0.4 is 0 Å². The van der Waals surface area contributed by atoms with Gasteiger partial charge in [0.15, 0.2) is 7.11 Å². The van der Waals surface area contributed by atoms with E-state index in [2.05, 4.69) is 9.82 Å². The van der Waals surface area contributed by atoms with Crippen molar-refractivity contribution in [3.63, 3.8) is 0 Å². The molecule has 0 saturated carbocycles. The van der Waals surface area contributed by atoms with Gasteiger partial charge < -0.3 is 4.98 Å². The Morgan fingerprint density at radius 3 is 2.93 bits per heavy atom. The van der Waals surface area contributed by atoms with E-state index in [1.807, 2.05) is 19.2 Å². The summed E-state index contributed by atoms with van der Waals surface area (Å²) >= 11 is 0. The maximum absolute atomic E-state index is 11.2. The molecular formula is C10H11N2O2+. The molecule has 72 valence electrons. The van der Waals surface area contributed by atoms with Gasteiger partial charge in [0.05, 0.1) is 4.91 Å². The summed E-state index contributed by atoms with van der Waals surface area (Å²) in [6, 6.07) is 5.50. The number of H-pyrrole nitrogens is 1. The fraction of sp³-hybridized carbons (Fsp3) is 0.200. The van der Waals surface area contributed by atoms with Crippen molar-refractivity contribution in [3.8, 4) is 0 Å². The molecule has 1 N–H and O–H groups in total. The Bertz CT molecular complexity index is 488. The van der Waals surface area contributed by atoms with Gasteiger partial charge in [-0.1, -0.05) is 0 Å². The number of nitrogens with zero attached hydrogens (tertiary/aromatic N) is 1. The lowest BCUT2D eigenvalue weighted by Crippen LogP contribution is -1.98. The van der Waals surface area contributed by atoms with E-state index in [0.29, 0.717) is 10.6 Å². The Morgan fingerprint density at radius 1 is 1.43 bits per heavy atom. The Kier molecular flexibility index (Phi) is 1.96. The van der Waals surface area contributed by atoms with Gasteiger partial charge in [-0.2, -0.15) is 0 Å². The molecule has 1 aromatic carbocycles. The van der Waals surface area contributed by atoms with Crippen molar-refractivity contribution in [1.82, 2.24) is 4.98 Å². The quantitative estimate of drug-likeness (QED) is 0.741. The largest absolute Gasteiger partial charge is 0.361 e. The Morgan fingerprint density at radius 2 is 2.21 bits per heavy atom. The molecule has 2 aromatic rings. The van der Waals surface area contributed by atoms with Crippen LogP contribution in [0.5, 0.6) is 0 Å². The lowest BCUT2D eigenvalue weighted by atomic mass is 10.1. The SMILES string of the molecule is CO[N+](=O)c1cc(C)c2[nH]ccc2c1. The number of nitrogens with one attached hydrogen (secondary N) is 1. The van der Waals surface area contributed by atoms with Gasteiger partial charge in [-0.25, -0.2) is 4.84 Å². The first-order chi connectivity index (χ1) is 6.72. The van der Waals surface area contributed by atoms with Gasteiger partial charge in [0, 0.05) is 29.2 Å². The summed E-state index contributed by atoms with van der Waals surface area (Å²) in [4.78, 5) is 19.4. The predicted molar refractivity (Wildman–Crippen MR) is 53.3 cm³/mol. The molecule has 0 spiro atoms. The summed E-state index contributed by atoms with van der Waals surface area (Å²) in [5, 5.41) is 1.01. The Balaban J connectivity index is 2.64. The molecule has 0 unspecified atom stereocenters. The number of rotatable bonds is 2. The van der Waals surface area contributed by atoms with Crippen LogP contribution in [0.2, 0.25) is 0 Å². The highest BCUT2D eigenvalue weighted by atomic mass is 16.8. The maximum Gasteiger partial charge on any atom is 0.317 e. The molecule has 14 heavy (non-hydrogen) atoms. The van der Waals surface area contributed by atoms with Crippen LogP contribution in [-0.2, 0) is 4.84 Å². The third-order valence-electron chi connectivity index (χ3n) is 2.22. The summed E-state index contributed by atoms with van der Waals surface area (Å²) < 4.78 is 0. The van der Waals surface area contributed by atoms with E-state index in [1.54, 1.807) is 12.1 Å². The van der Waals surface area contributed by atoms with Crippen LogP contribution in [0.25, 0.3) is 10.9 Å². The smallest absolute Gasteiger partial charge is 0.317 e. The first-order valence-corrected chi connectivity index (χ1v) is 4.31. The van der Waals surface area contributed by atoms with E-state index in [9.17, 15) is 4.91 Å². The van der Waals surface area contributed by atoms with Gasteiger partial charge >= 0.3 is 5.69 Å². The van der Waals surface area contributed by atoms with Crippen LogP contribution in [0, 0.1) is 11.8 Å². The standard InChI is InChI=1S/C10H11N2O2/c1-7-5-9(12(13)14-2)6-8-3-4-11-10(7)8/h3-6,11H,1-2H3/q+1. The first-order valence-electron chi connectivity index (χ1n) is 4.31. The van der Waals surface area contributed by atoms with Crippen molar-refractivity contribution >= 4 is 16.6 Å². The van der Waals surface area contributed by atoms with Crippen molar-refractivity contribution in [3.05, 3.63) is 34.9 Å². The number of benzene rings is 1. The van der Waals surface area contributed by atoms with Crippen molar-refractivity contribution in [1.29, 1.82) is 0 Å². The van der Waals surface area contributed by atoms with Crippen LogP contribution in [0.15, 0.2) is 24.4 Å². The summed E-state index contributed by atoms with van der Waals surface area (Å²) in [6.45, 7) is 1.95. The molecule has 0 aliphatic carbocycles. The van der Waals surface area contributed by atoms with E-state index in [0.717, 1.165) is 16.5 Å². The molecule has 2 rings (SSSR count). The number of aromatic amines is 1. The number of hydrogen-bond donors (Lipinski definition) is 1. The third-order valence-corrected chi connectivity index (χ3v) is 2.22. The van der Waals surface area contributed by atoms with Crippen LogP contribution in [0.1, 0.15) is 5.56 Å². The minimum atomic E-state index is 0.499. The highest BCUT2D eigenvalue weighted by Gasteiger charge is 2.16. The maximum atomic E-state index is 11.2. The zero-order chi connectivity index (χ0) is 10.1. The number of hydrogen-bond acceptors (Lipinski definition) is 2. The fourth-order valence-corrected chi connectivity index (χ4v) is 1.55. The summed E-state index contributed by atoms with van der Waals surface area (Å²) in [5.74, 6) is 0. The van der Waals surface area contributed by atoms with Crippen molar-refractivity contribution < 1.29 is 9.76 Å². The molecular weight excluding hydrogens is 180 g/mol. The molecule has 4 heteroatoms. The minimum absolute atomic E-state index is 0.499. The number of fused-ring (bicyclic) bond motifs is 1. The lowest BCUT2D eigenvalue weighted by Gasteiger charge is -1.95. The highest BCUT2D eigenvalue weighted by Crippen LogP contribution is 2.23. The molecule has 1 heterocycles. The van der Waals surface area contributed by atoms with Crippen LogP contribution in [0.3, 0.4) is 0 Å². The Labute approximate surface area is 81.0 Å². The highest BCUT2D eigenvalue weighted by molar-refractivity contribution is 5.84. The van der Waals surface area contributed by atoms with E-state index < -0.39 is 0 Å². The van der Waals surface area contributed by atoms with E-state index in [4.69, 9.17) is 0 Å². The molecule has 0 atom stereocenters. The summed E-state index contributed by atoms with van der Waals surface area (Å²) in [5.41, 5.74) is 2.59. The Hall–Kier alpha value is -1.84. The first kappa shape index (κ1) is 8.74. The minimum Gasteiger partial charge on any atom is -0.361 e. The van der Waals surface area contributed by atoms with Crippen molar-refractivity contribution in [2.24, 2.45) is 0 Å². The second-order valence-electron chi connectivity index (χ2n) is 3.14. The van der Waals surface area contributed by atoms with Gasteiger partial charge in [-0.15, -0.1) is 0 Å². The average molecular weight is 191 g/mol. The zero-order valence-corrected chi connectivity index (χ0v) is 8.07. The van der Waals surface area contributed by atoms with E-state index >= 15 is 0 Å². The predicted octanol–water partition coefficient (Wildman–Crippen LogP) is 2.45. The molecule has 0 amide bonds. The van der Waals surface area contributed by atoms with Crippen LogP contribution >= 0.6 is 0 Å². The van der Waals surface area contributed by atoms with Crippen molar-refractivity contribution in [2.75, 3.05) is 7.11 Å². The van der Waals surface area contributed by atoms with Gasteiger partial charge in [0.1, 0.15) is 0 Å². The topological polar surface area (TPSA) is 45.1 Å². The van der Waals surface area contributed by atoms with Crippen LogP contribution in [-0.4, -0.2) is 17.0 Å². The summed E-state index contributed by atoms with van der Waals surface area (Å²) in [6.07, 6.45) is 1.85. The second kappa shape index (κ2) is 3.14. The van der Waals surface area contributed by atoms with Crippen LogP contribution in [0.4, 0.5) is 5.69 Å². The van der Waals surface area contributed by atoms with E-state index in [1.165, 1.54) is 7.11 Å². The van der Waals surface area contributed by atoms with E-state index in [-0.39, 0.29) is 0 Å². The molecule has 0 fully saturated rings. The monoisotopic (exact) mass is 191 g/mol. The van der Waals surface area contributed by atoms with Gasteiger partial charge in [-0.05, 0) is 18.6 Å². The molecule has 1 aromatic heterocycles. The number of aryl methyl sites for hydroxylation is 1. The zero-order valence-electron chi connectivity index (χ0n) is 8.07. The van der Waals surface area contributed by atoms with Gasteiger partial charge in [0.25, 0.3) is 4.92 Å². The third kappa shape index (κ3) is 1.25. The molecule has 0 aliphatic heterocycles. The molecule has 0 saturated heterocycles. The van der Waals surface area contributed by atoms with Gasteiger partial charge in [-0.3, -0.25) is 0 Å². The fourth-order valence-electron chi connectivity index (χ4n) is 1.55. The molecule has 0 bridgehead atoms.